The first kappa shape index (κ1) is 16.9. The first-order valence-electron chi connectivity index (χ1n) is 6.56. The Morgan fingerprint density at radius 2 is 2.20 bits per heavy atom. The van der Waals surface area contributed by atoms with Crippen molar-refractivity contribution in [3.05, 3.63) is 28.2 Å². The van der Waals surface area contributed by atoms with E-state index in [1.165, 1.54) is 0 Å². The smallest absolute Gasteiger partial charge is 0.221 e. The van der Waals surface area contributed by atoms with Crippen LogP contribution in [0, 0.1) is 0 Å². The van der Waals surface area contributed by atoms with E-state index < -0.39 is 0 Å². The summed E-state index contributed by atoms with van der Waals surface area (Å²) in [6, 6.07) is 5.85. The van der Waals surface area contributed by atoms with E-state index in [0.29, 0.717) is 18.0 Å². The third-order valence-corrected chi connectivity index (χ3v) is 3.65. The summed E-state index contributed by atoms with van der Waals surface area (Å²) in [6.07, 6.45) is 1.34. The summed E-state index contributed by atoms with van der Waals surface area (Å²) in [7, 11) is 0. The van der Waals surface area contributed by atoms with Crippen molar-refractivity contribution in [1.82, 2.24) is 5.32 Å². The molecule has 0 aliphatic heterocycles. The van der Waals surface area contributed by atoms with Crippen LogP contribution < -0.4 is 16.4 Å². The van der Waals surface area contributed by atoms with Crippen molar-refractivity contribution in [1.29, 1.82) is 0 Å². The van der Waals surface area contributed by atoms with E-state index in [-0.39, 0.29) is 11.9 Å². The Morgan fingerprint density at radius 3 is 2.80 bits per heavy atom. The number of carbonyl (C=O) groups is 1. The van der Waals surface area contributed by atoms with Gasteiger partial charge in [-0.1, -0.05) is 35.1 Å². The summed E-state index contributed by atoms with van der Waals surface area (Å²) in [4.78, 5) is 12.0. The number of carbonyl (C=O) groups excluding carboxylic acids is 1. The molecule has 0 aliphatic carbocycles. The monoisotopic (exact) mass is 357 g/mol. The van der Waals surface area contributed by atoms with Crippen molar-refractivity contribution < 1.29 is 4.79 Å². The van der Waals surface area contributed by atoms with Gasteiger partial charge in [-0.05, 0) is 31.5 Å². The number of hydrogen-bond donors (Lipinski definition) is 3. The third kappa shape index (κ3) is 5.46. The van der Waals surface area contributed by atoms with Crippen molar-refractivity contribution in [2.75, 3.05) is 11.9 Å². The molecule has 4 nitrogen and oxygen atoms in total. The SMILES string of the molecule is CCC(C)NC(=O)CCNc1cc(Br)ccc1C(N)=S. The lowest BCUT2D eigenvalue weighted by atomic mass is 10.1. The molecule has 0 fully saturated rings. The van der Waals surface area contributed by atoms with E-state index in [1.807, 2.05) is 32.0 Å². The zero-order valence-electron chi connectivity index (χ0n) is 11.7. The maximum Gasteiger partial charge on any atom is 0.221 e. The molecule has 1 unspecified atom stereocenters. The van der Waals surface area contributed by atoms with E-state index in [0.717, 1.165) is 22.1 Å². The fourth-order valence-electron chi connectivity index (χ4n) is 1.64. The molecule has 4 N–H and O–H groups in total. The molecule has 0 saturated carbocycles. The summed E-state index contributed by atoms with van der Waals surface area (Å²) >= 11 is 8.42. The van der Waals surface area contributed by atoms with Crippen molar-refractivity contribution in [2.24, 2.45) is 5.73 Å². The Kier molecular flexibility index (Phi) is 6.95. The van der Waals surface area contributed by atoms with Gasteiger partial charge in [0.05, 0.1) is 0 Å². The van der Waals surface area contributed by atoms with Crippen LogP contribution in [0.25, 0.3) is 0 Å². The Bertz CT molecular complexity index is 493. The van der Waals surface area contributed by atoms with Crippen molar-refractivity contribution in [3.63, 3.8) is 0 Å². The number of rotatable bonds is 7. The van der Waals surface area contributed by atoms with Gasteiger partial charge in [0.15, 0.2) is 0 Å². The lowest BCUT2D eigenvalue weighted by molar-refractivity contribution is -0.121. The number of benzene rings is 1. The second-order valence-electron chi connectivity index (χ2n) is 4.61. The quantitative estimate of drug-likeness (QED) is 0.656. The number of amides is 1. The Morgan fingerprint density at radius 1 is 1.50 bits per heavy atom. The van der Waals surface area contributed by atoms with Crippen LogP contribution in [0.3, 0.4) is 0 Å². The Hall–Kier alpha value is -1.14. The zero-order valence-corrected chi connectivity index (χ0v) is 14.1. The van der Waals surface area contributed by atoms with Gasteiger partial charge in [-0.3, -0.25) is 4.79 Å². The number of nitrogens with one attached hydrogen (secondary N) is 2. The second-order valence-corrected chi connectivity index (χ2v) is 5.96. The van der Waals surface area contributed by atoms with Gasteiger partial charge in [0.1, 0.15) is 4.99 Å². The molecule has 20 heavy (non-hydrogen) atoms. The van der Waals surface area contributed by atoms with Crippen molar-refractivity contribution in [3.8, 4) is 0 Å². The van der Waals surface area contributed by atoms with E-state index in [4.69, 9.17) is 18.0 Å². The minimum Gasteiger partial charge on any atom is -0.389 e. The summed E-state index contributed by atoms with van der Waals surface area (Å²) in [5, 5.41) is 6.13. The molecule has 1 aromatic carbocycles. The lowest BCUT2D eigenvalue weighted by Gasteiger charge is -2.13. The highest BCUT2D eigenvalue weighted by molar-refractivity contribution is 9.10. The van der Waals surface area contributed by atoms with Gasteiger partial charge >= 0.3 is 0 Å². The van der Waals surface area contributed by atoms with E-state index in [1.54, 1.807) is 0 Å². The van der Waals surface area contributed by atoms with Crippen LogP contribution in [0.2, 0.25) is 0 Å². The maximum atomic E-state index is 11.7. The van der Waals surface area contributed by atoms with Gasteiger partial charge < -0.3 is 16.4 Å². The molecule has 0 aliphatic rings. The minimum atomic E-state index is 0.0405. The van der Waals surface area contributed by atoms with E-state index in [9.17, 15) is 4.79 Å². The number of hydrogen-bond acceptors (Lipinski definition) is 3. The Balaban J connectivity index is 2.55. The van der Waals surface area contributed by atoms with E-state index >= 15 is 0 Å². The molecule has 1 aromatic rings. The molecule has 1 rings (SSSR count). The predicted octanol–water partition coefficient (Wildman–Crippen LogP) is 2.80. The molecule has 6 heteroatoms. The Labute approximate surface area is 133 Å². The zero-order chi connectivity index (χ0) is 15.1. The molecule has 0 aromatic heterocycles. The first-order chi connectivity index (χ1) is 9.43. The number of nitrogens with two attached hydrogens (primary N) is 1. The van der Waals surface area contributed by atoms with Crippen LogP contribution in [0.4, 0.5) is 5.69 Å². The fourth-order valence-corrected chi connectivity index (χ4v) is 2.18. The molecular weight excluding hydrogens is 338 g/mol. The van der Waals surface area contributed by atoms with Gasteiger partial charge in [0, 0.05) is 34.7 Å². The summed E-state index contributed by atoms with van der Waals surface area (Å²) < 4.78 is 0.934. The van der Waals surface area contributed by atoms with Gasteiger partial charge in [-0.25, -0.2) is 0 Å². The molecule has 1 atom stereocenters. The van der Waals surface area contributed by atoms with Gasteiger partial charge in [0.2, 0.25) is 5.91 Å². The summed E-state index contributed by atoms with van der Waals surface area (Å²) in [6.45, 7) is 4.57. The largest absolute Gasteiger partial charge is 0.389 e. The highest BCUT2D eigenvalue weighted by Gasteiger charge is 2.08. The first-order valence-corrected chi connectivity index (χ1v) is 7.76. The number of halogens is 1. The fraction of sp³-hybridized carbons (Fsp3) is 0.429. The lowest BCUT2D eigenvalue weighted by Crippen LogP contribution is -2.33. The molecular formula is C14H20BrN3OS. The van der Waals surface area contributed by atoms with Crippen LogP contribution in [0.5, 0.6) is 0 Å². The number of thiocarbonyl (C=S) groups is 1. The van der Waals surface area contributed by atoms with Gasteiger partial charge in [-0.15, -0.1) is 0 Å². The maximum absolute atomic E-state index is 11.7. The van der Waals surface area contributed by atoms with Crippen molar-refractivity contribution >= 4 is 44.7 Å². The van der Waals surface area contributed by atoms with Crippen LogP contribution in [0.15, 0.2) is 22.7 Å². The predicted molar refractivity (Wildman–Crippen MR) is 91.0 cm³/mol. The molecule has 110 valence electrons. The third-order valence-electron chi connectivity index (χ3n) is 2.93. The highest BCUT2D eigenvalue weighted by atomic mass is 79.9. The van der Waals surface area contributed by atoms with E-state index in [2.05, 4.69) is 26.6 Å². The number of anilines is 1. The summed E-state index contributed by atoms with van der Waals surface area (Å²) in [5.41, 5.74) is 7.30. The van der Waals surface area contributed by atoms with Gasteiger partial charge in [0.25, 0.3) is 0 Å². The molecule has 0 bridgehead atoms. The van der Waals surface area contributed by atoms with Gasteiger partial charge in [-0.2, -0.15) is 0 Å². The molecule has 0 spiro atoms. The molecule has 0 radical (unpaired) electrons. The minimum absolute atomic E-state index is 0.0405. The second kappa shape index (κ2) is 8.21. The summed E-state index contributed by atoms with van der Waals surface area (Å²) in [5.74, 6) is 0.0405. The van der Waals surface area contributed by atoms with Crippen LogP contribution in [-0.4, -0.2) is 23.5 Å². The molecule has 0 saturated heterocycles. The molecule has 1 amide bonds. The average molecular weight is 358 g/mol. The standard InChI is InChI=1S/C14H20BrN3OS/c1-3-9(2)18-13(19)6-7-17-12-8-10(15)4-5-11(12)14(16)20/h4-5,8-9,17H,3,6-7H2,1-2H3,(H2,16,20)(H,18,19). The van der Waals surface area contributed by atoms with Crippen LogP contribution in [-0.2, 0) is 4.79 Å². The van der Waals surface area contributed by atoms with Crippen molar-refractivity contribution in [2.45, 2.75) is 32.7 Å². The van der Waals surface area contributed by atoms with Crippen LogP contribution in [0.1, 0.15) is 32.3 Å². The van der Waals surface area contributed by atoms with Crippen LogP contribution >= 0.6 is 28.1 Å². The average Bonchev–Trinajstić information content (AvgIpc) is 2.38. The normalized spacial score (nSPS) is 11.8. The molecule has 0 heterocycles. The highest BCUT2D eigenvalue weighted by Crippen LogP contribution is 2.21. The topological polar surface area (TPSA) is 67.2 Å².